The maximum absolute atomic E-state index is 13.0. The first-order valence-electron chi connectivity index (χ1n) is 9.54. The Morgan fingerprint density at radius 3 is 2.73 bits per heavy atom. The van der Waals surface area contributed by atoms with Crippen LogP contribution in [0.5, 0.6) is 5.75 Å². The molecule has 2 aromatic carbocycles. The van der Waals surface area contributed by atoms with Crippen molar-refractivity contribution in [3.05, 3.63) is 45.9 Å². The molecule has 4 aromatic rings. The number of halogens is 5. The van der Waals surface area contributed by atoms with E-state index in [0.717, 1.165) is 6.07 Å². The predicted octanol–water partition coefficient (Wildman–Crippen LogP) is 4.93. The third kappa shape index (κ3) is 4.67. The van der Waals surface area contributed by atoms with Crippen LogP contribution in [0.3, 0.4) is 0 Å². The first kappa shape index (κ1) is 23.1. The number of primary amides is 1. The summed E-state index contributed by atoms with van der Waals surface area (Å²) in [5.74, 6) is -1.07. The van der Waals surface area contributed by atoms with Crippen molar-refractivity contribution in [1.29, 1.82) is 0 Å². The van der Waals surface area contributed by atoms with Crippen molar-refractivity contribution in [1.82, 2.24) is 19.6 Å². The van der Waals surface area contributed by atoms with Gasteiger partial charge in [-0.1, -0.05) is 24.6 Å². The van der Waals surface area contributed by atoms with Crippen molar-refractivity contribution in [2.45, 2.75) is 25.7 Å². The molecule has 13 heteroatoms. The van der Waals surface area contributed by atoms with Gasteiger partial charge < -0.3 is 15.8 Å². The van der Waals surface area contributed by atoms with E-state index in [2.05, 4.69) is 41.1 Å². The van der Waals surface area contributed by atoms with Crippen molar-refractivity contribution in [3.63, 3.8) is 0 Å². The molecule has 0 aliphatic heterocycles. The third-order valence-electron chi connectivity index (χ3n) is 4.72. The fourth-order valence-electron chi connectivity index (χ4n) is 3.22. The molecule has 0 saturated heterocycles. The maximum Gasteiger partial charge on any atom is 0.573 e. The predicted molar refractivity (Wildman–Crippen MR) is 120 cm³/mol. The van der Waals surface area contributed by atoms with Gasteiger partial charge >= 0.3 is 6.36 Å². The number of carbonyl (C=O) groups excluding carboxylic acids is 1. The number of fused-ring (bicyclic) bond motifs is 3. The Balaban J connectivity index is 1.97. The summed E-state index contributed by atoms with van der Waals surface area (Å²) < 4.78 is 45.0. The number of nitrogens with two attached hydrogens (primary N) is 1. The molecule has 1 amide bonds. The van der Waals surface area contributed by atoms with Gasteiger partial charge in [0.15, 0.2) is 11.5 Å². The number of nitrogens with zero attached hydrogens (tertiary/aromatic N) is 4. The molecule has 0 aliphatic carbocycles. The largest absolute Gasteiger partial charge is 0.573 e. The Morgan fingerprint density at radius 1 is 1.30 bits per heavy atom. The first-order chi connectivity index (χ1) is 15.6. The van der Waals surface area contributed by atoms with E-state index in [1.54, 1.807) is 25.1 Å². The Bertz CT molecular complexity index is 1380. The van der Waals surface area contributed by atoms with Crippen LogP contribution < -0.4 is 15.8 Å². The number of amides is 1. The standard InChI is InChI=1S/C20H15BrClF3N6O2/c1-2-13(16(26)32)27-19-28-15-11(4-3-5-12(15)21)18-29-17(30-31(18)19)10-7-6-9(22)8-14(10)33-20(23,24)25/h3-8,13H,2H2,1H3,(H2,26,32)(H,27,28). The highest BCUT2D eigenvalue weighted by molar-refractivity contribution is 9.10. The van der Waals surface area contributed by atoms with E-state index in [4.69, 9.17) is 17.3 Å². The minimum atomic E-state index is -4.94. The SMILES string of the molecule is CCC(Nc1nc2c(Br)cccc2c2nc(-c3ccc(Cl)cc3OC(F)(F)F)nn12)C(N)=O. The van der Waals surface area contributed by atoms with Gasteiger partial charge in [0.1, 0.15) is 11.8 Å². The highest BCUT2D eigenvalue weighted by atomic mass is 79.9. The average molecular weight is 544 g/mol. The van der Waals surface area contributed by atoms with Gasteiger partial charge in [-0.3, -0.25) is 4.79 Å². The highest BCUT2D eigenvalue weighted by Crippen LogP contribution is 2.36. The van der Waals surface area contributed by atoms with Crippen LogP contribution in [0, 0.1) is 0 Å². The summed E-state index contributed by atoms with van der Waals surface area (Å²) in [6.07, 6.45) is -4.57. The lowest BCUT2D eigenvalue weighted by Gasteiger charge is -2.15. The van der Waals surface area contributed by atoms with Crippen LogP contribution in [0.4, 0.5) is 19.1 Å². The molecular weight excluding hydrogens is 529 g/mol. The summed E-state index contributed by atoms with van der Waals surface area (Å²) in [4.78, 5) is 20.8. The fourth-order valence-corrected chi connectivity index (χ4v) is 3.84. The molecule has 0 radical (unpaired) electrons. The number of alkyl halides is 3. The maximum atomic E-state index is 13.0. The molecule has 0 spiro atoms. The number of hydrogen-bond acceptors (Lipinski definition) is 6. The molecule has 4 rings (SSSR count). The molecule has 2 heterocycles. The number of aromatic nitrogens is 4. The fraction of sp³-hybridized carbons (Fsp3) is 0.200. The van der Waals surface area contributed by atoms with E-state index >= 15 is 0 Å². The number of carbonyl (C=O) groups is 1. The Hall–Kier alpha value is -3.12. The lowest BCUT2D eigenvalue weighted by atomic mass is 10.2. The van der Waals surface area contributed by atoms with Gasteiger partial charge in [-0.05, 0) is 52.7 Å². The van der Waals surface area contributed by atoms with Gasteiger partial charge in [-0.2, -0.15) is 4.52 Å². The molecular formula is C20H15BrClF3N6O2. The number of benzene rings is 2. The molecule has 1 atom stereocenters. The van der Waals surface area contributed by atoms with E-state index in [-0.39, 0.29) is 22.4 Å². The summed E-state index contributed by atoms with van der Waals surface area (Å²) in [6.45, 7) is 1.76. The minimum absolute atomic E-state index is 0.0311. The van der Waals surface area contributed by atoms with E-state index in [1.807, 2.05) is 0 Å². The van der Waals surface area contributed by atoms with Gasteiger partial charge in [-0.15, -0.1) is 18.3 Å². The molecule has 8 nitrogen and oxygen atoms in total. The second kappa shape index (κ2) is 8.67. The van der Waals surface area contributed by atoms with Crippen LogP contribution in [0.25, 0.3) is 27.9 Å². The van der Waals surface area contributed by atoms with E-state index in [0.29, 0.717) is 27.4 Å². The van der Waals surface area contributed by atoms with Gasteiger partial charge in [0.25, 0.3) is 0 Å². The molecule has 172 valence electrons. The smallest absolute Gasteiger partial charge is 0.405 e. The van der Waals surface area contributed by atoms with E-state index < -0.39 is 24.1 Å². The first-order valence-corrected chi connectivity index (χ1v) is 10.7. The van der Waals surface area contributed by atoms with Gasteiger partial charge in [0, 0.05) is 14.9 Å². The second-order valence-electron chi connectivity index (χ2n) is 6.94. The molecule has 0 saturated carbocycles. The van der Waals surface area contributed by atoms with Gasteiger partial charge in [0.2, 0.25) is 11.9 Å². The van der Waals surface area contributed by atoms with Gasteiger partial charge in [0.05, 0.1) is 11.1 Å². The van der Waals surface area contributed by atoms with E-state index in [1.165, 1.54) is 16.6 Å². The molecule has 0 fully saturated rings. The molecule has 0 bridgehead atoms. The van der Waals surface area contributed by atoms with Crippen molar-refractivity contribution < 1.29 is 22.7 Å². The minimum Gasteiger partial charge on any atom is -0.405 e. The topological polar surface area (TPSA) is 107 Å². The summed E-state index contributed by atoms with van der Waals surface area (Å²) in [5.41, 5.74) is 6.23. The molecule has 2 aromatic heterocycles. The van der Waals surface area contributed by atoms with Crippen LogP contribution in [-0.2, 0) is 4.79 Å². The van der Waals surface area contributed by atoms with E-state index in [9.17, 15) is 18.0 Å². The number of rotatable bonds is 6. The van der Waals surface area contributed by atoms with Crippen LogP contribution in [0.1, 0.15) is 13.3 Å². The molecule has 0 aliphatic rings. The zero-order valence-corrected chi connectivity index (χ0v) is 19.2. The second-order valence-corrected chi connectivity index (χ2v) is 8.23. The molecule has 3 N–H and O–H groups in total. The number of hydrogen-bond donors (Lipinski definition) is 2. The zero-order chi connectivity index (χ0) is 23.9. The van der Waals surface area contributed by atoms with Gasteiger partial charge in [-0.25, -0.2) is 9.97 Å². The Morgan fingerprint density at radius 2 is 2.06 bits per heavy atom. The number of ether oxygens (including phenoxy) is 1. The summed E-state index contributed by atoms with van der Waals surface area (Å²) in [7, 11) is 0. The summed E-state index contributed by atoms with van der Waals surface area (Å²) in [6, 6.07) is 8.27. The molecule has 1 unspecified atom stereocenters. The van der Waals surface area contributed by atoms with Crippen molar-refractivity contribution in [2.75, 3.05) is 5.32 Å². The van der Waals surface area contributed by atoms with Crippen LogP contribution in [0.15, 0.2) is 40.9 Å². The van der Waals surface area contributed by atoms with Crippen molar-refractivity contribution in [3.8, 4) is 17.1 Å². The zero-order valence-electron chi connectivity index (χ0n) is 16.8. The number of para-hydroxylation sites is 1. The average Bonchev–Trinajstić information content (AvgIpc) is 3.16. The monoisotopic (exact) mass is 542 g/mol. The Kier molecular flexibility index (Phi) is 6.06. The quantitative estimate of drug-likeness (QED) is 0.357. The number of anilines is 1. The number of nitrogens with one attached hydrogen (secondary N) is 1. The summed E-state index contributed by atoms with van der Waals surface area (Å²) in [5, 5.41) is 7.92. The highest BCUT2D eigenvalue weighted by Gasteiger charge is 2.33. The molecule has 33 heavy (non-hydrogen) atoms. The van der Waals surface area contributed by atoms with Crippen LogP contribution >= 0.6 is 27.5 Å². The van der Waals surface area contributed by atoms with Crippen LogP contribution in [-0.4, -0.2) is 37.9 Å². The summed E-state index contributed by atoms with van der Waals surface area (Å²) >= 11 is 9.31. The lowest BCUT2D eigenvalue weighted by molar-refractivity contribution is -0.274. The lowest BCUT2D eigenvalue weighted by Crippen LogP contribution is -2.35. The third-order valence-corrected chi connectivity index (χ3v) is 5.59. The van der Waals surface area contributed by atoms with Crippen LogP contribution in [0.2, 0.25) is 5.02 Å². The van der Waals surface area contributed by atoms with Crippen molar-refractivity contribution in [2.24, 2.45) is 5.73 Å². The Labute approximate surface area is 198 Å². The normalized spacial score (nSPS) is 12.8. The van der Waals surface area contributed by atoms with Crippen molar-refractivity contribution >= 4 is 55.9 Å².